The lowest BCUT2D eigenvalue weighted by atomic mass is 10.6. The average Bonchev–Trinajstić information content (AvgIpc) is 2.82. The third-order valence-electron chi connectivity index (χ3n) is 1.24. The van der Waals surface area contributed by atoms with E-state index in [1.807, 2.05) is 20.8 Å². The summed E-state index contributed by atoms with van der Waals surface area (Å²) in [4.78, 5) is 29.9. The van der Waals surface area contributed by atoms with Gasteiger partial charge < -0.3 is 19.9 Å². The van der Waals surface area contributed by atoms with Gasteiger partial charge in [0.25, 0.3) is 0 Å². The lowest BCUT2D eigenvalue weighted by molar-refractivity contribution is 1.16. The molecule has 6 heteroatoms. The Labute approximate surface area is 94.1 Å². The van der Waals surface area contributed by atoms with Crippen LogP contribution in [0.15, 0.2) is 28.2 Å². The molecule has 0 aliphatic rings. The van der Waals surface area contributed by atoms with Gasteiger partial charge in [0, 0.05) is 24.3 Å². The second kappa shape index (κ2) is 9.57. The van der Waals surface area contributed by atoms with Crippen LogP contribution < -0.4 is 11.4 Å². The summed E-state index contributed by atoms with van der Waals surface area (Å²) in [6.45, 7) is 5.82. The van der Waals surface area contributed by atoms with E-state index in [2.05, 4.69) is 19.9 Å². The molecule has 0 saturated carbocycles. The SMILES string of the molecule is C.CC.Cc1c[nH]c(=O)[nH]1.O=c1[nH]cc[nH]1. The van der Waals surface area contributed by atoms with Crippen molar-refractivity contribution in [2.45, 2.75) is 28.2 Å². The minimum atomic E-state index is -0.157. The molecule has 16 heavy (non-hydrogen) atoms. The van der Waals surface area contributed by atoms with E-state index in [0.717, 1.165) is 5.69 Å². The molecule has 0 radical (unpaired) electrons. The van der Waals surface area contributed by atoms with Gasteiger partial charge in [0.2, 0.25) is 0 Å². The molecule has 0 atom stereocenters. The van der Waals surface area contributed by atoms with Gasteiger partial charge in [-0.25, -0.2) is 9.59 Å². The highest BCUT2D eigenvalue weighted by Crippen LogP contribution is 1.76. The molecule has 0 amide bonds. The average molecular weight is 228 g/mol. The van der Waals surface area contributed by atoms with Crippen molar-refractivity contribution in [3.05, 3.63) is 45.3 Å². The standard InChI is InChI=1S/C4H6N2O.C3H4N2O.C2H6.CH4/c1-3-2-5-4(7)6-3;6-3-4-1-2-5-3;1-2;/h2H,1H3,(H2,5,6,7);1-2H,(H2,4,5,6);1-2H3;1H4. The minimum Gasteiger partial charge on any atom is -0.313 e. The number of imidazole rings is 2. The molecular weight excluding hydrogens is 208 g/mol. The molecule has 4 N–H and O–H groups in total. The Morgan fingerprint density at radius 3 is 1.56 bits per heavy atom. The van der Waals surface area contributed by atoms with Crippen LogP contribution >= 0.6 is 0 Å². The highest BCUT2D eigenvalue weighted by molar-refractivity contribution is 4.88. The van der Waals surface area contributed by atoms with Crippen LogP contribution in [0.1, 0.15) is 27.0 Å². The van der Waals surface area contributed by atoms with Crippen LogP contribution in [0.25, 0.3) is 0 Å². The maximum Gasteiger partial charge on any atom is 0.323 e. The van der Waals surface area contributed by atoms with Crippen molar-refractivity contribution in [2.75, 3.05) is 0 Å². The zero-order valence-corrected chi connectivity index (χ0v) is 9.05. The summed E-state index contributed by atoms with van der Waals surface area (Å²) in [5.41, 5.74) is 0.567. The topological polar surface area (TPSA) is 97.3 Å². The smallest absolute Gasteiger partial charge is 0.313 e. The van der Waals surface area contributed by atoms with E-state index in [0.29, 0.717) is 0 Å². The van der Waals surface area contributed by atoms with E-state index in [1.165, 1.54) is 0 Å². The number of nitrogens with one attached hydrogen (secondary N) is 4. The summed E-state index contributed by atoms with van der Waals surface area (Å²) < 4.78 is 0. The Bertz CT molecular complexity index is 433. The summed E-state index contributed by atoms with van der Waals surface area (Å²) in [5, 5.41) is 0. The Morgan fingerprint density at radius 1 is 0.938 bits per heavy atom. The fourth-order valence-corrected chi connectivity index (χ4v) is 0.701. The summed E-state index contributed by atoms with van der Waals surface area (Å²) in [6, 6.07) is 0. The number of aromatic nitrogens is 4. The van der Waals surface area contributed by atoms with Crippen LogP contribution in [0.3, 0.4) is 0 Å². The van der Waals surface area contributed by atoms with Crippen molar-refractivity contribution in [1.82, 2.24) is 19.9 Å². The third-order valence-corrected chi connectivity index (χ3v) is 1.24. The van der Waals surface area contributed by atoms with E-state index in [4.69, 9.17) is 0 Å². The molecule has 0 spiro atoms. The van der Waals surface area contributed by atoms with Crippen LogP contribution in [0.2, 0.25) is 0 Å². The van der Waals surface area contributed by atoms with Gasteiger partial charge in [0.15, 0.2) is 0 Å². The van der Waals surface area contributed by atoms with Crippen molar-refractivity contribution in [3.63, 3.8) is 0 Å². The number of H-pyrrole nitrogens is 4. The molecule has 2 heterocycles. The molecule has 0 unspecified atom stereocenters. The predicted molar refractivity (Wildman–Crippen MR) is 65.6 cm³/mol. The summed E-state index contributed by atoms with van der Waals surface area (Å²) in [6.07, 6.45) is 4.72. The minimum absolute atomic E-state index is 0. The van der Waals surface area contributed by atoms with Crippen molar-refractivity contribution < 1.29 is 0 Å². The lowest BCUT2D eigenvalue weighted by Crippen LogP contribution is -1.99. The zero-order chi connectivity index (χ0) is 11.7. The maximum absolute atomic E-state index is 10.2. The summed E-state index contributed by atoms with van der Waals surface area (Å²) in [5.74, 6) is 0. The number of hydrogen-bond acceptors (Lipinski definition) is 2. The van der Waals surface area contributed by atoms with Crippen molar-refractivity contribution in [2.24, 2.45) is 0 Å². The van der Waals surface area contributed by atoms with Crippen LogP contribution in [0.5, 0.6) is 0 Å². The molecule has 0 aliphatic carbocycles. The Hall–Kier alpha value is -1.98. The first-order valence-electron chi connectivity index (χ1n) is 4.65. The maximum atomic E-state index is 10.2. The first-order valence-corrected chi connectivity index (χ1v) is 4.65. The van der Waals surface area contributed by atoms with Gasteiger partial charge in [-0.3, -0.25) is 0 Å². The van der Waals surface area contributed by atoms with Crippen LogP contribution in [-0.2, 0) is 0 Å². The fraction of sp³-hybridized carbons (Fsp3) is 0.400. The first kappa shape index (κ1) is 16.4. The van der Waals surface area contributed by atoms with Gasteiger partial charge in [-0.2, -0.15) is 0 Å². The van der Waals surface area contributed by atoms with Gasteiger partial charge >= 0.3 is 11.4 Å². The molecule has 2 aromatic rings. The van der Waals surface area contributed by atoms with Gasteiger partial charge in [-0.05, 0) is 6.92 Å². The van der Waals surface area contributed by atoms with Crippen molar-refractivity contribution in [3.8, 4) is 0 Å². The zero-order valence-electron chi connectivity index (χ0n) is 9.05. The monoisotopic (exact) mass is 228 g/mol. The van der Waals surface area contributed by atoms with Gasteiger partial charge in [0.1, 0.15) is 0 Å². The van der Waals surface area contributed by atoms with Gasteiger partial charge in [-0.15, -0.1) is 0 Å². The van der Waals surface area contributed by atoms with Gasteiger partial charge in [0.05, 0.1) is 0 Å². The summed E-state index contributed by atoms with van der Waals surface area (Å²) in [7, 11) is 0. The number of rotatable bonds is 0. The number of aryl methyl sites for hydroxylation is 1. The van der Waals surface area contributed by atoms with Crippen LogP contribution in [-0.4, -0.2) is 19.9 Å². The molecule has 0 aromatic carbocycles. The second-order valence-corrected chi connectivity index (χ2v) is 2.38. The fourth-order valence-electron chi connectivity index (χ4n) is 0.701. The molecule has 6 nitrogen and oxygen atoms in total. The third kappa shape index (κ3) is 7.43. The van der Waals surface area contributed by atoms with Crippen molar-refractivity contribution in [1.29, 1.82) is 0 Å². The molecule has 0 saturated heterocycles. The molecule has 0 bridgehead atoms. The van der Waals surface area contributed by atoms with E-state index < -0.39 is 0 Å². The highest BCUT2D eigenvalue weighted by atomic mass is 16.1. The van der Waals surface area contributed by atoms with E-state index in [-0.39, 0.29) is 18.8 Å². The molecule has 2 rings (SSSR count). The van der Waals surface area contributed by atoms with E-state index >= 15 is 0 Å². The Kier molecular flexibility index (Phi) is 9.84. The number of hydrogen-bond donors (Lipinski definition) is 4. The Morgan fingerprint density at radius 2 is 1.44 bits per heavy atom. The largest absolute Gasteiger partial charge is 0.323 e. The molecular formula is C10H20N4O2. The molecule has 0 aliphatic heterocycles. The van der Waals surface area contributed by atoms with Gasteiger partial charge in [-0.1, -0.05) is 21.3 Å². The summed E-state index contributed by atoms with van der Waals surface area (Å²) >= 11 is 0. The number of aromatic amines is 4. The second-order valence-electron chi connectivity index (χ2n) is 2.38. The van der Waals surface area contributed by atoms with E-state index in [1.54, 1.807) is 18.6 Å². The van der Waals surface area contributed by atoms with Crippen LogP contribution in [0.4, 0.5) is 0 Å². The highest BCUT2D eigenvalue weighted by Gasteiger charge is 1.81. The molecule has 92 valence electrons. The first-order chi connectivity index (χ1) is 7.18. The van der Waals surface area contributed by atoms with Crippen LogP contribution in [0, 0.1) is 6.92 Å². The quantitative estimate of drug-likeness (QED) is 0.548. The van der Waals surface area contributed by atoms with E-state index in [9.17, 15) is 9.59 Å². The molecule has 0 fully saturated rings. The normalized spacial score (nSPS) is 7.69. The molecule has 2 aromatic heterocycles. The van der Waals surface area contributed by atoms with Crippen molar-refractivity contribution >= 4 is 0 Å². The lowest BCUT2D eigenvalue weighted by Gasteiger charge is -1.67. The predicted octanol–water partition coefficient (Wildman–Crippen LogP) is 1.38. The Balaban J connectivity index is 0.